The zero-order valence-corrected chi connectivity index (χ0v) is 11.1. The molecule has 0 aliphatic carbocycles. The van der Waals surface area contributed by atoms with Crippen molar-refractivity contribution in [1.29, 1.82) is 0 Å². The van der Waals surface area contributed by atoms with Gasteiger partial charge in [-0.25, -0.2) is 4.39 Å². The van der Waals surface area contributed by atoms with E-state index in [1.165, 1.54) is 12.1 Å². The minimum Gasteiger partial charge on any atom is -0.289 e. The van der Waals surface area contributed by atoms with E-state index in [9.17, 15) is 9.18 Å². The van der Waals surface area contributed by atoms with Crippen LogP contribution in [0, 0.1) is 12.7 Å². The van der Waals surface area contributed by atoms with Gasteiger partial charge in [-0.1, -0.05) is 18.2 Å². The summed E-state index contributed by atoms with van der Waals surface area (Å²) in [6.07, 6.45) is 0. The molecule has 0 unspecified atom stereocenters. The molecule has 1 aromatic heterocycles. The first-order valence-electron chi connectivity index (χ1n) is 5.94. The number of thiophene rings is 1. The van der Waals surface area contributed by atoms with E-state index in [4.69, 9.17) is 0 Å². The van der Waals surface area contributed by atoms with Crippen LogP contribution >= 0.6 is 11.3 Å². The Kier molecular flexibility index (Phi) is 2.91. The zero-order chi connectivity index (χ0) is 13.4. The molecule has 0 radical (unpaired) electrons. The van der Waals surface area contributed by atoms with E-state index in [-0.39, 0.29) is 11.6 Å². The smallest absolute Gasteiger partial charge is 0.194 e. The summed E-state index contributed by atoms with van der Waals surface area (Å²) in [5.74, 6) is -0.340. The van der Waals surface area contributed by atoms with E-state index in [2.05, 4.69) is 0 Å². The van der Waals surface area contributed by atoms with Gasteiger partial charge in [-0.3, -0.25) is 4.79 Å². The third kappa shape index (κ3) is 2.06. The molecular weight excluding hydrogens is 259 g/mol. The van der Waals surface area contributed by atoms with Gasteiger partial charge in [0.15, 0.2) is 5.78 Å². The molecule has 0 atom stereocenters. The molecule has 0 spiro atoms. The SMILES string of the molecule is Cc1cc(C(=O)c2csc3ccccc23)ccc1F. The Bertz CT molecular complexity index is 773. The molecule has 3 heteroatoms. The van der Waals surface area contributed by atoms with E-state index in [1.54, 1.807) is 24.3 Å². The summed E-state index contributed by atoms with van der Waals surface area (Å²) < 4.78 is 14.3. The maximum Gasteiger partial charge on any atom is 0.194 e. The summed E-state index contributed by atoms with van der Waals surface area (Å²) in [5.41, 5.74) is 1.71. The Labute approximate surface area is 114 Å². The second kappa shape index (κ2) is 4.59. The molecule has 2 aromatic carbocycles. The van der Waals surface area contributed by atoms with Crippen molar-refractivity contribution in [3.05, 3.63) is 70.4 Å². The lowest BCUT2D eigenvalue weighted by atomic mass is 10.0. The standard InChI is InChI=1S/C16H11FOS/c1-10-8-11(6-7-14(10)17)16(18)13-9-19-15-5-3-2-4-12(13)15/h2-9H,1H3. The highest BCUT2D eigenvalue weighted by molar-refractivity contribution is 7.17. The Balaban J connectivity index is 2.11. The van der Waals surface area contributed by atoms with Crippen molar-refractivity contribution >= 4 is 27.2 Å². The Morgan fingerprint density at radius 1 is 1.16 bits per heavy atom. The summed E-state index contributed by atoms with van der Waals surface area (Å²) >= 11 is 1.55. The molecule has 0 saturated carbocycles. The molecule has 0 aliphatic rings. The van der Waals surface area contributed by atoms with Gasteiger partial charge in [0.1, 0.15) is 5.82 Å². The number of hydrogen-bond donors (Lipinski definition) is 0. The molecule has 94 valence electrons. The molecule has 0 fully saturated rings. The van der Waals surface area contributed by atoms with Crippen molar-refractivity contribution in [2.45, 2.75) is 6.92 Å². The number of rotatable bonds is 2. The summed E-state index contributed by atoms with van der Waals surface area (Å²) in [6.45, 7) is 1.66. The van der Waals surface area contributed by atoms with E-state index < -0.39 is 0 Å². The lowest BCUT2D eigenvalue weighted by molar-refractivity contribution is 0.104. The predicted octanol–water partition coefficient (Wildman–Crippen LogP) is 4.58. The van der Waals surface area contributed by atoms with Crippen LogP contribution in [-0.2, 0) is 0 Å². The highest BCUT2D eigenvalue weighted by Gasteiger charge is 2.14. The molecule has 1 nitrogen and oxygen atoms in total. The second-order valence-corrected chi connectivity index (χ2v) is 5.35. The number of ketones is 1. The summed E-state index contributed by atoms with van der Waals surface area (Å²) in [4.78, 5) is 12.5. The average Bonchev–Trinajstić information content (AvgIpc) is 2.85. The van der Waals surface area contributed by atoms with Crippen LogP contribution in [-0.4, -0.2) is 5.78 Å². The molecule has 3 aromatic rings. The third-order valence-corrected chi connectivity index (χ3v) is 4.11. The van der Waals surface area contributed by atoms with Crippen LogP contribution in [0.25, 0.3) is 10.1 Å². The number of aryl methyl sites for hydroxylation is 1. The first kappa shape index (κ1) is 12.1. The fraction of sp³-hybridized carbons (Fsp3) is 0.0625. The van der Waals surface area contributed by atoms with Crippen LogP contribution in [0.1, 0.15) is 21.5 Å². The van der Waals surface area contributed by atoms with Crippen molar-refractivity contribution in [2.75, 3.05) is 0 Å². The summed E-state index contributed by atoms with van der Waals surface area (Å²) in [6, 6.07) is 12.3. The van der Waals surface area contributed by atoms with E-state index in [0.717, 1.165) is 10.1 Å². The van der Waals surface area contributed by atoms with Crippen molar-refractivity contribution in [2.24, 2.45) is 0 Å². The number of carbonyl (C=O) groups is 1. The van der Waals surface area contributed by atoms with Crippen molar-refractivity contribution in [1.82, 2.24) is 0 Å². The summed E-state index contributed by atoms with van der Waals surface area (Å²) in [5, 5.41) is 2.82. The highest BCUT2D eigenvalue weighted by Crippen LogP contribution is 2.27. The van der Waals surface area contributed by atoms with Crippen LogP contribution < -0.4 is 0 Å². The van der Waals surface area contributed by atoms with Gasteiger partial charge in [-0.05, 0) is 36.8 Å². The van der Waals surface area contributed by atoms with Gasteiger partial charge >= 0.3 is 0 Å². The average molecular weight is 270 g/mol. The normalized spacial score (nSPS) is 10.8. The maximum absolute atomic E-state index is 13.2. The fourth-order valence-corrected chi connectivity index (χ4v) is 3.04. The highest BCUT2D eigenvalue weighted by atomic mass is 32.1. The molecule has 0 amide bonds. The van der Waals surface area contributed by atoms with E-state index in [0.29, 0.717) is 16.7 Å². The van der Waals surface area contributed by atoms with Crippen molar-refractivity contribution < 1.29 is 9.18 Å². The van der Waals surface area contributed by atoms with Gasteiger partial charge in [-0.15, -0.1) is 11.3 Å². The minimum atomic E-state index is -0.285. The topological polar surface area (TPSA) is 17.1 Å². The van der Waals surface area contributed by atoms with Crippen LogP contribution in [0.3, 0.4) is 0 Å². The third-order valence-electron chi connectivity index (χ3n) is 3.15. The van der Waals surface area contributed by atoms with Crippen LogP contribution in [0.5, 0.6) is 0 Å². The van der Waals surface area contributed by atoms with Gasteiger partial charge in [0, 0.05) is 26.6 Å². The van der Waals surface area contributed by atoms with E-state index in [1.807, 2.05) is 29.6 Å². The Morgan fingerprint density at radius 3 is 2.74 bits per heavy atom. The lowest BCUT2D eigenvalue weighted by Gasteiger charge is -2.02. The lowest BCUT2D eigenvalue weighted by Crippen LogP contribution is -2.01. The quantitative estimate of drug-likeness (QED) is 0.623. The van der Waals surface area contributed by atoms with Crippen molar-refractivity contribution in [3.8, 4) is 0 Å². The molecule has 19 heavy (non-hydrogen) atoms. The van der Waals surface area contributed by atoms with Gasteiger partial charge < -0.3 is 0 Å². The number of carbonyl (C=O) groups excluding carboxylic acids is 1. The van der Waals surface area contributed by atoms with Crippen LogP contribution in [0.2, 0.25) is 0 Å². The molecule has 0 bridgehead atoms. The molecular formula is C16H11FOS. The van der Waals surface area contributed by atoms with Crippen LogP contribution in [0.4, 0.5) is 4.39 Å². The zero-order valence-electron chi connectivity index (χ0n) is 10.3. The Morgan fingerprint density at radius 2 is 1.95 bits per heavy atom. The largest absolute Gasteiger partial charge is 0.289 e. The minimum absolute atomic E-state index is 0.0550. The fourth-order valence-electron chi connectivity index (χ4n) is 2.10. The van der Waals surface area contributed by atoms with Crippen molar-refractivity contribution in [3.63, 3.8) is 0 Å². The number of hydrogen-bond acceptors (Lipinski definition) is 2. The molecule has 0 saturated heterocycles. The number of benzene rings is 2. The first-order valence-corrected chi connectivity index (χ1v) is 6.82. The predicted molar refractivity (Wildman–Crippen MR) is 76.4 cm³/mol. The van der Waals surface area contributed by atoms with Gasteiger partial charge in [-0.2, -0.15) is 0 Å². The number of fused-ring (bicyclic) bond motifs is 1. The molecule has 3 rings (SSSR count). The molecule has 1 heterocycles. The summed E-state index contributed by atoms with van der Waals surface area (Å²) in [7, 11) is 0. The monoisotopic (exact) mass is 270 g/mol. The molecule has 0 aliphatic heterocycles. The first-order chi connectivity index (χ1) is 9.16. The van der Waals surface area contributed by atoms with E-state index >= 15 is 0 Å². The van der Waals surface area contributed by atoms with Gasteiger partial charge in [0.25, 0.3) is 0 Å². The van der Waals surface area contributed by atoms with Gasteiger partial charge in [0.05, 0.1) is 0 Å². The number of halogens is 1. The Hall–Kier alpha value is -2.00. The van der Waals surface area contributed by atoms with Gasteiger partial charge in [0.2, 0.25) is 0 Å². The maximum atomic E-state index is 13.2. The second-order valence-electron chi connectivity index (χ2n) is 4.44. The molecule has 0 N–H and O–H groups in total. The van der Waals surface area contributed by atoms with Crippen LogP contribution in [0.15, 0.2) is 47.8 Å².